The summed E-state index contributed by atoms with van der Waals surface area (Å²) in [5.74, 6) is -2.11. The minimum atomic E-state index is -4.45. The SMILES string of the molecule is O=C(OCc1ccsc1)[C@H]1CC(=O)N(CC(F)(F)F)C1. The van der Waals surface area contributed by atoms with Crippen LogP contribution in [-0.4, -0.2) is 36.0 Å². The number of carbonyl (C=O) groups is 2. The van der Waals surface area contributed by atoms with Crippen molar-refractivity contribution in [1.29, 1.82) is 0 Å². The van der Waals surface area contributed by atoms with E-state index in [2.05, 4.69) is 0 Å². The quantitative estimate of drug-likeness (QED) is 0.801. The van der Waals surface area contributed by atoms with Crippen LogP contribution in [0.25, 0.3) is 0 Å². The number of rotatable bonds is 4. The molecule has 1 amide bonds. The van der Waals surface area contributed by atoms with Crippen molar-refractivity contribution in [3.05, 3.63) is 22.4 Å². The number of esters is 1. The second-order valence-electron chi connectivity index (χ2n) is 4.53. The number of thiophene rings is 1. The van der Waals surface area contributed by atoms with E-state index in [9.17, 15) is 22.8 Å². The Hall–Kier alpha value is -1.57. The first-order valence-electron chi connectivity index (χ1n) is 5.87. The van der Waals surface area contributed by atoms with Gasteiger partial charge in [0, 0.05) is 18.5 Å². The molecule has 1 atom stereocenters. The largest absolute Gasteiger partial charge is 0.461 e. The van der Waals surface area contributed by atoms with Gasteiger partial charge in [-0.05, 0) is 16.8 Å². The third-order valence-corrected chi connectivity index (χ3v) is 3.61. The molecule has 4 nitrogen and oxygen atoms in total. The number of amides is 1. The first-order valence-corrected chi connectivity index (χ1v) is 6.81. The van der Waals surface area contributed by atoms with Crippen LogP contribution in [0, 0.1) is 5.92 Å². The molecule has 0 spiro atoms. The van der Waals surface area contributed by atoms with Gasteiger partial charge in [0.25, 0.3) is 0 Å². The van der Waals surface area contributed by atoms with E-state index >= 15 is 0 Å². The first-order chi connectivity index (χ1) is 9.35. The van der Waals surface area contributed by atoms with Crippen LogP contribution in [-0.2, 0) is 20.9 Å². The average Bonchev–Trinajstić information content (AvgIpc) is 2.95. The molecule has 0 aromatic carbocycles. The summed E-state index contributed by atoms with van der Waals surface area (Å²) in [6.45, 7) is -1.48. The van der Waals surface area contributed by atoms with Crippen molar-refractivity contribution in [3.8, 4) is 0 Å². The van der Waals surface area contributed by atoms with Crippen LogP contribution < -0.4 is 0 Å². The molecule has 0 saturated carbocycles. The lowest BCUT2D eigenvalue weighted by atomic mass is 10.1. The summed E-state index contributed by atoms with van der Waals surface area (Å²) in [5.41, 5.74) is 0.819. The smallest absolute Gasteiger partial charge is 0.406 e. The van der Waals surface area contributed by atoms with Crippen molar-refractivity contribution in [2.24, 2.45) is 5.92 Å². The van der Waals surface area contributed by atoms with E-state index in [1.165, 1.54) is 11.3 Å². The normalized spacial score (nSPS) is 19.4. The van der Waals surface area contributed by atoms with Crippen LogP contribution in [0.3, 0.4) is 0 Å². The highest BCUT2D eigenvalue weighted by atomic mass is 32.1. The van der Waals surface area contributed by atoms with E-state index in [4.69, 9.17) is 4.74 Å². The van der Waals surface area contributed by atoms with Gasteiger partial charge in [0.05, 0.1) is 5.92 Å². The third-order valence-electron chi connectivity index (χ3n) is 2.88. The molecule has 1 aromatic heterocycles. The number of halogens is 3. The van der Waals surface area contributed by atoms with Crippen LogP contribution in [0.15, 0.2) is 16.8 Å². The average molecular weight is 307 g/mol. The first kappa shape index (κ1) is 14.8. The summed E-state index contributed by atoms with van der Waals surface area (Å²) in [6.07, 6.45) is -4.68. The molecule has 0 unspecified atom stereocenters. The molecule has 1 aliphatic rings. The fraction of sp³-hybridized carbons (Fsp3) is 0.500. The Morgan fingerprint density at radius 2 is 2.25 bits per heavy atom. The van der Waals surface area contributed by atoms with Crippen LogP contribution in [0.2, 0.25) is 0 Å². The van der Waals surface area contributed by atoms with Crippen molar-refractivity contribution < 1.29 is 27.5 Å². The fourth-order valence-electron chi connectivity index (χ4n) is 1.95. The maximum Gasteiger partial charge on any atom is 0.406 e. The van der Waals surface area contributed by atoms with E-state index in [1.807, 2.05) is 10.8 Å². The van der Waals surface area contributed by atoms with Gasteiger partial charge in [-0.1, -0.05) is 0 Å². The fourth-order valence-corrected chi connectivity index (χ4v) is 2.60. The van der Waals surface area contributed by atoms with Gasteiger partial charge in [0.2, 0.25) is 5.91 Å². The predicted octanol–water partition coefficient (Wildman–Crippen LogP) is 2.20. The minimum Gasteiger partial charge on any atom is -0.461 e. The molecule has 1 aliphatic heterocycles. The minimum absolute atomic E-state index is 0.0757. The van der Waals surface area contributed by atoms with E-state index < -0.39 is 30.5 Å². The highest BCUT2D eigenvalue weighted by Crippen LogP contribution is 2.24. The molecule has 1 fully saturated rings. The summed E-state index contributed by atoms with van der Waals surface area (Å²) in [7, 11) is 0. The number of ether oxygens (including phenoxy) is 1. The third kappa shape index (κ3) is 3.96. The lowest BCUT2D eigenvalue weighted by Crippen LogP contribution is -2.35. The highest BCUT2D eigenvalue weighted by Gasteiger charge is 2.41. The summed E-state index contributed by atoms with van der Waals surface area (Å²) in [4.78, 5) is 23.8. The molecule has 20 heavy (non-hydrogen) atoms. The van der Waals surface area contributed by atoms with Crippen molar-refractivity contribution >= 4 is 23.2 Å². The molecule has 0 N–H and O–H groups in total. The zero-order valence-corrected chi connectivity index (χ0v) is 11.2. The number of hydrogen-bond donors (Lipinski definition) is 0. The molecule has 0 aliphatic carbocycles. The molecule has 0 radical (unpaired) electrons. The van der Waals surface area contributed by atoms with Gasteiger partial charge < -0.3 is 9.64 Å². The van der Waals surface area contributed by atoms with Gasteiger partial charge >= 0.3 is 12.1 Å². The molecule has 0 bridgehead atoms. The standard InChI is InChI=1S/C12H12F3NO3S/c13-12(14,15)7-16-4-9(3-10(16)17)11(18)19-5-8-1-2-20-6-8/h1-2,6,9H,3-5,7H2/t9-/m0/s1. The van der Waals surface area contributed by atoms with Crippen molar-refractivity contribution in [2.75, 3.05) is 13.1 Å². The lowest BCUT2D eigenvalue weighted by Gasteiger charge is -2.18. The number of carbonyl (C=O) groups excluding carboxylic acids is 2. The Morgan fingerprint density at radius 1 is 1.50 bits per heavy atom. The highest BCUT2D eigenvalue weighted by molar-refractivity contribution is 7.07. The Morgan fingerprint density at radius 3 is 2.85 bits per heavy atom. The van der Waals surface area contributed by atoms with Crippen LogP contribution in [0.5, 0.6) is 0 Å². The summed E-state index contributed by atoms with van der Waals surface area (Å²) >= 11 is 1.45. The van der Waals surface area contributed by atoms with Crippen LogP contribution >= 0.6 is 11.3 Å². The monoisotopic (exact) mass is 307 g/mol. The van der Waals surface area contributed by atoms with E-state index in [1.54, 1.807) is 6.07 Å². The van der Waals surface area contributed by atoms with Crippen molar-refractivity contribution in [3.63, 3.8) is 0 Å². The second-order valence-corrected chi connectivity index (χ2v) is 5.31. The lowest BCUT2D eigenvalue weighted by molar-refractivity contribution is -0.158. The zero-order chi connectivity index (χ0) is 14.8. The van der Waals surface area contributed by atoms with Gasteiger partial charge in [-0.2, -0.15) is 24.5 Å². The molecule has 8 heteroatoms. The summed E-state index contributed by atoms with van der Waals surface area (Å²) in [5, 5.41) is 3.64. The van der Waals surface area contributed by atoms with Gasteiger partial charge in [0.15, 0.2) is 0 Å². The second kappa shape index (κ2) is 5.82. The Balaban J connectivity index is 1.84. The summed E-state index contributed by atoms with van der Waals surface area (Å²) in [6, 6.07) is 1.79. The van der Waals surface area contributed by atoms with E-state index in [-0.39, 0.29) is 19.6 Å². The number of hydrogen-bond acceptors (Lipinski definition) is 4. The molecule has 2 heterocycles. The van der Waals surface area contributed by atoms with Gasteiger partial charge in [-0.15, -0.1) is 0 Å². The maximum atomic E-state index is 12.2. The van der Waals surface area contributed by atoms with E-state index in [0.29, 0.717) is 4.90 Å². The topological polar surface area (TPSA) is 46.6 Å². The molecule has 110 valence electrons. The number of likely N-dealkylation sites (tertiary alicyclic amines) is 1. The van der Waals surface area contributed by atoms with Gasteiger partial charge in [-0.25, -0.2) is 0 Å². The Kier molecular flexibility index (Phi) is 4.32. The zero-order valence-electron chi connectivity index (χ0n) is 10.4. The predicted molar refractivity (Wildman–Crippen MR) is 64.9 cm³/mol. The van der Waals surface area contributed by atoms with Crippen molar-refractivity contribution in [1.82, 2.24) is 4.90 Å². The van der Waals surface area contributed by atoms with Crippen molar-refractivity contribution in [2.45, 2.75) is 19.2 Å². The van der Waals surface area contributed by atoms with E-state index in [0.717, 1.165) is 5.56 Å². The molecule has 2 rings (SSSR count). The van der Waals surface area contributed by atoms with Gasteiger partial charge in [-0.3, -0.25) is 9.59 Å². The number of alkyl halides is 3. The van der Waals surface area contributed by atoms with Crippen LogP contribution in [0.4, 0.5) is 13.2 Å². The Labute approximate surface area is 117 Å². The summed E-state index contributed by atoms with van der Waals surface area (Å²) < 4.78 is 41.7. The molecular formula is C12H12F3NO3S. The van der Waals surface area contributed by atoms with Gasteiger partial charge in [0.1, 0.15) is 13.2 Å². The molecule has 1 aromatic rings. The van der Waals surface area contributed by atoms with Crippen LogP contribution in [0.1, 0.15) is 12.0 Å². The Bertz CT molecular complexity index is 487. The number of nitrogens with zero attached hydrogens (tertiary/aromatic N) is 1. The molecular weight excluding hydrogens is 295 g/mol. The molecule has 1 saturated heterocycles. The maximum absolute atomic E-state index is 12.2.